The summed E-state index contributed by atoms with van der Waals surface area (Å²) in [5.41, 5.74) is 0.911. The number of rotatable bonds is 3. The molecule has 1 fully saturated rings. The van der Waals surface area contributed by atoms with Crippen LogP contribution >= 0.6 is 0 Å². The van der Waals surface area contributed by atoms with Gasteiger partial charge in [-0.25, -0.2) is 0 Å². The van der Waals surface area contributed by atoms with Crippen molar-refractivity contribution in [3.63, 3.8) is 0 Å². The highest BCUT2D eigenvalue weighted by Gasteiger charge is 2.31. The van der Waals surface area contributed by atoms with Gasteiger partial charge in [-0.1, -0.05) is 0 Å². The van der Waals surface area contributed by atoms with Crippen LogP contribution in [0.4, 0.5) is 5.69 Å². The molecule has 0 aromatic heterocycles. The smallest absolute Gasteiger partial charge is 0.251 e. The summed E-state index contributed by atoms with van der Waals surface area (Å²) in [4.78, 5) is 45.1. The first-order valence-electron chi connectivity index (χ1n) is 5.98. The number of benzene rings is 1. The Morgan fingerprint density at radius 2 is 1.85 bits per heavy atom. The molecule has 1 heterocycles. The van der Waals surface area contributed by atoms with Gasteiger partial charge >= 0.3 is 0 Å². The van der Waals surface area contributed by atoms with Gasteiger partial charge in [-0.05, 0) is 24.3 Å². The Morgan fingerprint density at radius 3 is 2.35 bits per heavy atom. The Kier molecular flexibility index (Phi) is 3.79. The Balaban J connectivity index is 2.00. The molecule has 104 valence electrons. The van der Waals surface area contributed by atoms with Crippen LogP contribution in [0.25, 0.3) is 0 Å². The quantitative estimate of drug-likeness (QED) is 0.664. The predicted molar refractivity (Wildman–Crippen MR) is 69.8 cm³/mol. The predicted octanol–water partition coefficient (Wildman–Crippen LogP) is -0.210. The van der Waals surface area contributed by atoms with Gasteiger partial charge in [0.05, 0.1) is 6.42 Å². The summed E-state index contributed by atoms with van der Waals surface area (Å²) < 4.78 is 0. The fourth-order valence-corrected chi connectivity index (χ4v) is 1.82. The first kappa shape index (κ1) is 13.7. The zero-order chi connectivity index (χ0) is 14.7. The second-order valence-electron chi connectivity index (χ2n) is 4.40. The van der Waals surface area contributed by atoms with Crippen LogP contribution in [0.5, 0.6) is 0 Å². The van der Waals surface area contributed by atoms with E-state index in [1.54, 1.807) is 12.1 Å². The Morgan fingerprint density at radius 1 is 1.20 bits per heavy atom. The van der Waals surface area contributed by atoms with Crippen LogP contribution in [0.15, 0.2) is 24.3 Å². The number of hydrogen-bond acceptors (Lipinski definition) is 4. The summed E-state index contributed by atoms with van der Waals surface area (Å²) in [6.45, 7) is 1.39. The number of hydrogen-bond donors (Lipinski definition) is 3. The van der Waals surface area contributed by atoms with Crippen LogP contribution in [-0.4, -0.2) is 29.7 Å². The molecule has 1 unspecified atom stereocenters. The first-order chi connectivity index (χ1) is 9.45. The lowest BCUT2D eigenvalue weighted by Crippen LogP contribution is -2.40. The topological polar surface area (TPSA) is 104 Å². The molecule has 4 amide bonds. The molecule has 1 aliphatic rings. The number of nitrogens with one attached hydrogen (secondary N) is 3. The van der Waals surface area contributed by atoms with E-state index in [0.29, 0.717) is 11.3 Å². The van der Waals surface area contributed by atoms with Gasteiger partial charge in [0.15, 0.2) is 0 Å². The lowest BCUT2D eigenvalue weighted by atomic mass is 10.1. The van der Waals surface area contributed by atoms with Gasteiger partial charge < -0.3 is 10.6 Å². The number of carbonyl (C=O) groups is 4. The van der Waals surface area contributed by atoms with E-state index in [0.717, 1.165) is 0 Å². The van der Waals surface area contributed by atoms with Gasteiger partial charge in [-0.15, -0.1) is 0 Å². The number of anilines is 1. The summed E-state index contributed by atoms with van der Waals surface area (Å²) in [7, 11) is 0. The highest BCUT2D eigenvalue weighted by atomic mass is 16.2. The van der Waals surface area contributed by atoms with E-state index in [9.17, 15) is 19.2 Å². The van der Waals surface area contributed by atoms with E-state index in [1.165, 1.54) is 19.1 Å². The third-order valence-electron chi connectivity index (χ3n) is 2.74. The van der Waals surface area contributed by atoms with Crippen molar-refractivity contribution in [1.82, 2.24) is 10.6 Å². The monoisotopic (exact) mass is 275 g/mol. The fraction of sp³-hybridized carbons (Fsp3) is 0.231. The second kappa shape index (κ2) is 5.52. The molecule has 0 saturated carbocycles. The standard InChI is InChI=1S/C13H13N3O4/c1-7(17)14-9-4-2-8(3-5-9)12(19)15-10-6-11(18)16-13(10)20/h2-5,10H,6H2,1H3,(H,14,17)(H,15,19)(H,16,18,20). The lowest BCUT2D eigenvalue weighted by molar-refractivity contribution is -0.125. The Hall–Kier alpha value is -2.70. The van der Waals surface area contributed by atoms with E-state index in [-0.39, 0.29) is 12.3 Å². The van der Waals surface area contributed by atoms with E-state index in [2.05, 4.69) is 16.0 Å². The van der Waals surface area contributed by atoms with Crippen LogP contribution in [-0.2, 0) is 14.4 Å². The maximum absolute atomic E-state index is 11.9. The fourth-order valence-electron chi connectivity index (χ4n) is 1.82. The molecule has 0 aliphatic carbocycles. The molecule has 20 heavy (non-hydrogen) atoms. The van der Waals surface area contributed by atoms with Gasteiger partial charge in [-0.3, -0.25) is 24.5 Å². The summed E-state index contributed by atoms with van der Waals surface area (Å²) in [5, 5.41) is 7.17. The van der Waals surface area contributed by atoms with Gasteiger partial charge in [0.2, 0.25) is 17.7 Å². The van der Waals surface area contributed by atoms with Crippen molar-refractivity contribution in [2.75, 3.05) is 5.32 Å². The molecule has 0 spiro atoms. The normalized spacial score (nSPS) is 17.6. The molecule has 1 saturated heterocycles. The van der Waals surface area contributed by atoms with E-state index < -0.39 is 23.8 Å². The molecule has 7 heteroatoms. The highest BCUT2D eigenvalue weighted by molar-refractivity contribution is 6.08. The van der Waals surface area contributed by atoms with E-state index >= 15 is 0 Å². The second-order valence-corrected chi connectivity index (χ2v) is 4.40. The summed E-state index contributed by atoms with van der Waals surface area (Å²) >= 11 is 0. The zero-order valence-electron chi connectivity index (χ0n) is 10.7. The number of carbonyl (C=O) groups excluding carboxylic acids is 4. The van der Waals surface area contributed by atoms with Crippen molar-refractivity contribution in [2.24, 2.45) is 0 Å². The van der Waals surface area contributed by atoms with Gasteiger partial charge in [0, 0.05) is 18.2 Å². The molecule has 1 aromatic rings. The van der Waals surface area contributed by atoms with Crippen molar-refractivity contribution >= 4 is 29.3 Å². The minimum Gasteiger partial charge on any atom is -0.340 e. The summed E-state index contributed by atoms with van der Waals surface area (Å²) in [6, 6.07) is 5.38. The first-order valence-corrected chi connectivity index (χ1v) is 5.98. The van der Waals surface area contributed by atoms with Crippen molar-refractivity contribution < 1.29 is 19.2 Å². The number of amides is 4. The summed E-state index contributed by atoms with van der Waals surface area (Å²) in [6.07, 6.45) is -0.0471. The Bertz CT molecular complexity index is 580. The van der Waals surface area contributed by atoms with Gasteiger partial charge in [0.1, 0.15) is 6.04 Å². The van der Waals surface area contributed by atoms with Gasteiger partial charge in [-0.2, -0.15) is 0 Å². The minimum atomic E-state index is -0.829. The molecule has 0 bridgehead atoms. The average Bonchev–Trinajstić information content (AvgIpc) is 2.68. The van der Waals surface area contributed by atoms with E-state index in [1.807, 2.05) is 0 Å². The Labute approximate surface area is 114 Å². The molecule has 1 atom stereocenters. The average molecular weight is 275 g/mol. The minimum absolute atomic E-state index is 0.0471. The third-order valence-corrected chi connectivity index (χ3v) is 2.74. The van der Waals surface area contributed by atoms with Crippen molar-refractivity contribution in [1.29, 1.82) is 0 Å². The van der Waals surface area contributed by atoms with Crippen molar-refractivity contribution in [2.45, 2.75) is 19.4 Å². The van der Waals surface area contributed by atoms with Crippen LogP contribution in [0.2, 0.25) is 0 Å². The molecule has 2 rings (SSSR count). The summed E-state index contributed by atoms with van der Waals surface area (Å²) in [5.74, 6) is -1.56. The zero-order valence-corrected chi connectivity index (χ0v) is 10.7. The van der Waals surface area contributed by atoms with Gasteiger partial charge in [0.25, 0.3) is 5.91 Å². The molecule has 7 nitrogen and oxygen atoms in total. The van der Waals surface area contributed by atoms with Crippen molar-refractivity contribution in [3.05, 3.63) is 29.8 Å². The largest absolute Gasteiger partial charge is 0.340 e. The SMILES string of the molecule is CC(=O)Nc1ccc(C(=O)NC2CC(=O)NC2=O)cc1. The van der Waals surface area contributed by atoms with Crippen LogP contribution < -0.4 is 16.0 Å². The van der Waals surface area contributed by atoms with Crippen molar-refractivity contribution in [3.8, 4) is 0 Å². The lowest BCUT2D eigenvalue weighted by Gasteiger charge is -2.09. The van der Waals surface area contributed by atoms with E-state index in [4.69, 9.17) is 0 Å². The molecule has 0 radical (unpaired) electrons. The number of imide groups is 1. The van der Waals surface area contributed by atoms with Crippen LogP contribution in [0.1, 0.15) is 23.7 Å². The highest BCUT2D eigenvalue weighted by Crippen LogP contribution is 2.10. The molecule has 3 N–H and O–H groups in total. The molecular formula is C13H13N3O4. The molecule has 1 aromatic carbocycles. The van der Waals surface area contributed by atoms with Crippen LogP contribution in [0, 0.1) is 0 Å². The van der Waals surface area contributed by atoms with Crippen LogP contribution in [0.3, 0.4) is 0 Å². The molecular weight excluding hydrogens is 262 g/mol. The maximum Gasteiger partial charge on any atom is 0.251 e. The maximum atomic E-state index is 11.9. The third kappa shape index (κ3) is 3.19. The molecule has 1 aliphatic heterocycles.